The molecule has 0 aliphatic carbocycles. The zero-order chi connectivity index (χ0) is 24.0. The fraction of sp³-hybridized carbons (Fsp3) is 0.400. The summed E-state index contributed by atoms with van der Waals surface area (Å²) in [7, 11) is -2.22. The van der Waals surface area contributed by atoms with Gasteiger partial charge in [0.2, 0.25) is 0 Å². The average Bonchev–Trinajstić information content (AvgIpc) is 3.49. The Balaban J connectivity index is 1.37. The molecule has 1 saturated heterocycles. The van der Waals surface area contributed by atoms with Crippen molar-refractivity contribution in [1.82, 2.24) is 9.55 Å². The van der Waals surface area contributed by atoms with Crippen LogP contribution in [0.1, 0.15) is 24.0 Å². The molecule has 2 aromatic carbocycles. The topological polar surface area (TPSA) is 88.9 Å². The summed E-state index contributed by atoms with van der Waals surface area (Å²) in [5.74, 6) is -0.0549. The van der Waals surface area contributed by atoms with Crippen LogP contribution in [0.2, 0.25) is 0 Å². The summed E-state index contributed by atoms with van der Waals surface area (Å²) < 4.78 is 49.9. The molecule has 0 amide bonds. The number of benzene rings is 2. The van der Waals surface area contributed by atoms with Crippen molar-refractivity contribution >= 4 is 10.1 Å². The molecule has 0 N–H and O–H groups in total. The minimum absolute atomic E-state index is 0.111. The molecule has 8 nitrogen and oxygen atoms in total. The van der Waals surface area contributed by atoms with Crippen LogP contribution >= 0.6 is 0 Å². The van der Waals surface area contributed by atoms with Gasteiger partial charge in [0.25, 0.3) is 10.1 Å². The van der Waals surface area contributed by atoms with Gasteiger partial charge in [0.05, 0.1) is 38.1 Å². The lowest BCUT2D eigenvalue weighted by Gasteiger charge is -2.28. The molecule has 1 fully saturated rings. The standard InChI is InChI=1S/C25H30N2O6S/c1-20-5-11-24(12-6-20)34(28,29)32-17-23-16-31-25(33-23,18-27-15-14-26-19-27)13-3-4-21-7-9-22(30-2)10-8-21/h5-12,14-15,19,23H,3-4,13,16-18H2,1-2H3/t23-,25+/m0/s1. The molecule has 0 bridgehead atoms. The van der Waals surface area contributed by atoms with Crippen LogP contribution in [0.5, 0.6) is 5.75 Å². The van der Waals surface area contributed by atoms with E-state index in [0.717, 1.165) is 24.2 Å². The van der Waals surface area contributed by atoms with Gasteiger partial charge in [0.1, 0.15) is 11.9 Å². The minimum Gasteiger partial charge on any atom is -0.497 e. The number of rotatable bonds is 11. The third-order valence-corrected chi connectivity index (χ3v) is 7.09. The van der Waals surface area contributed by atoms with Crippen LogP contribution in [0.25, 0.3) is 0 Å². The zero-order valence-electron chi connectivity index (χ0n) is 19.4. The van der Waals surface area contributed by atoms with Crippen molar-refractivity contribution in [2.45, 2.75) is 49.5 Å². The fourth-order valence-corrected chi connectivity index (χ4v) is 4.88. The molecule has 1 aromatic heterocycles. The fourth-order valence-electron chi connectivity index (χ4n) is 3.94. The number of aryl methyl sites for hydroxylation is 2. The van der Waals surface area contributed by atoms with Gasteiger partial charge in [-0.15, -0.1) is 0 Å². The first-order valence-electron chi connectivity index (χ1n) is 11.2. The smallest absolute Gasteiger partial charge is 0.297 e. The molecular formula is C25H30N2O6S. The Morgan fingerprint density at radius 3 is 2.59 bits per heavy atom. The van der Waals surface area contributed by atoms with E-state index in [1.54, 1.807) is 43.9 Å². The zero-order valence-corrected chi connectivity index (χ0v) is 20.2. The lowest BCUT2D eigenvalue weighted by molar-refractivity contribution is -0.185. The number of nitrogens with zero attached hydrogens (tertiary/aromatic N) is 2. The maximum Gasteiger partial charge on any atom is 0.297 e. The third kappa shape index (κ3) is 6.24. The molecule has 1 aliphatic rings. The van der Waals surface area contributed by atoms with Crippen molar-refractivity contribution in [3.8, 4) is 5.75 Å². The van der Waals surface area contributed by atoms with Crippen molar-refractivity contribution in [3.05, 3.63) is 78.4 Å². The molecular weight excluding hydrogens is 456 g/mol. The van der Waals surface area contributed by atoms with Gasteiger partial charge in [-0.05, 0) is 49.6 Å². The number of aromatic nitrogens is 2. The van der Waals surface area contributed by atoms with E-state index in [2.05, 4.69) is 4.98 Å². The normalized spacial score (nSPS) is 20.5. The minimum atomic E-state index is -3.87. The van der Waals surface area contributed by atoms with Gasteiger partial charge in [-0.2, -0.15) is 8.42 Å². The van der Waals surface area contributed by atoms with Gasteiger partial charge in [-0.1, -0.05) is 29.8 Å². The summed E-state index contributed by atoms with van der Waals surface area (Å²) in [6, 6.07) is 14.5. The highest BCUT2D eigenvalue weighted by molar-refractivity contribution is 7.86. The second-order valence-electron chi connectivity index (χ2n) is 8.45. The number of imidazole rings is 1. The SMILES string of the molecule is COc1ccc(CCC[C@@]2(Cn3ccnc3)OC[C@@H](COS(=O)(=O)c3ccc(C)cc3)O2)cc1. The molecule has 2 atom stereocenters. The second kappa shape index (κ2) is 10.7. The summed E-state index contributed by atoms with van der Waals surface area (Å²) in [4.78, 5) is 4.23. The van der Waals surface area contributed by atoms with Crippen LogP contribution in [0.15, 0.2) is 72.1 Å². The van der Waals surface area contributed by atoms with Gasteiger partial charge in [-0.25, -0.2) is 4.98 Å². The Hall–Kier alpha value is -2.72. The van der Waals surface area contributed by atoms with Gasteiger partial charge in [0.15, 0.2) is 5.79 Å². The van der Waals surface area contributed by atoms with E-state index in [1.165, 1.54) is 5.56 Å². The third-order valence-electron chi connectivity index (χ3n) is 5.80. The average molecular weight is 487 g/mol. The van der Waals surface area contributed by atoms with Gasteiger partial charge >= 0.3 is 0 Å². The molecule has 182 valence electrons. The first kappa shape index (κ1) is 24.4. The van der Waals surface area contributed by atoms with E-state index in [4.69, 9.17) is 18.4 Å². The highest BCUT2D eigenvalue weighted by Gasteiger charge is 2.42. The van der Waals surface area contributed by atoms with E-state index in [9.17, 15) is 8.42 Å². The van der Waals surface area contributed by atoms with E-state index in [-0.39, 0.29) is 18.1 Å². The quantitative estimate of drug-likeness (QED) is 0.382. The maximum atomic E-state index is 12.6. The first-order valence-corrected chi connectivity index (χ1v) is 12.6. The van der Waals surface area contributed by atoms with Crippen LogP contribution in [0.3, 0.4) is 0 Å². The maximum absolute atomic E-state index is 12.6. The van der Waals surface area contributed by atoms with Crippen molar-refractivity contribution in [3.63, 3.8) is 0 Å². The molecule has 0 saturated carbocycles. The van der Waals surface area contributed by atoms with Gasteiger partial charge in [-0.3, -0.25) is 4.18 Å². The Labute approximate surface area is 200 Å². The summed E-state index contributed by atoms with van der Waals surface area (Å²) in [6.45, 7) is 2.49. The predicted molar refractivity (Wildman–Crippen MR) is 126 cm³/mol. The van der Waals surface area contributed by atoms with Crippen molar-refractivity contribution < 1.29 is 26.8 Å². The van der Waals surface area contributed by atoms with Crippen molar-refractivity contribution in [2.24, 2.45) is 0 Å². The summed E-state index contributed by atoms with van der Waals surface area (Å²) in [5, 5.41) is 0. The Bertz CT molecular complexity index is 1150. The van der Waals surface area contributed by atoms with Crippen molar-refractivity contribution in [2.75, 3.05) is 20.3 Å². The largest absolute Gasteiger partial charge is 0.497 e. The highest BCUT2D eigenvalue weighted by Crippen LogP contribution is 2.32. The second-order valence-corrected chi connectivity index (χ2v) is 10.1. The molecule has 34 heavy (non-hydrogen) atoms. The summed E-state index contributed by atoms with van der Waals surface area (Å²) in [6.07, 6.45) is 7.09. The predicted octanol–water partition coefficient (Wildman–Crippen LogP) is 3.74. The first-order chi connectivity index (χ1) is 16.4. The summed E-state index contributed by atoms with van der Waals surface area (Å²) >= 11 is 0. The van der Waals surface area contributed by atoms with Crippen LogP contribution in [0.4, 0.5) is 0 Å². The summed E-state index contributed by atoms with van der Waals surface area (Å²) in [5.41, 5.74) is 2.17. The monoisotopic (exact) mass is 486 g/mol. The molecule has 0 radical (unpaired) electrons. The molecule has 3 aromatic rings. The lowest BCUT2D eigenvalue weighted by atomic mass is 10.0. The Morgan fingerprint density at radius 2 is 1.91 bits per heavy atom. The van der Waals surface area contributed by atoms with Crippen LogP contribution in [0, 0.1) is 6.92 Å². The number of methoxy groups -OCH3 is 1. The molecule has 0 unspecified atom stereocenters. The van der Waals surface area contributed by atoms with Crippen LogP contribution in [-0.2, 0) is 36.7 Å². The Kier molecular flexibility index (Phi) is 7.67. The van der Waals surface area contributed by atoms with Crippen LogP contribution in [-0.4, -0.2) is 50.2 Å². The molecule has 9 heteroatoms. The van der Waals surface area contributed by atoms with E-state index >= 15 is 0 Å². The Morgan fingerprint density at radius 1 is 1.15 bits per heavy atom. The van der Waals surface area contributed by atoms with Gasteiger partial charge < -0.3 is 18.8 Å². The highest BCUT2D eigenvalue weighted by atomic mass is 32.2. The van der Waals surface area contributed by atoms with Gasteiger partial charge in [0, 0.05) is 18.8 Å². The molecule has 4 rings (SSSR count). The number of ether oxygens (including phenoxy) is 3. The van der Waals surface area contributed by atoms with Crippen LogP contribution < -0.4 is 4.74 Å². The van der Waals surface area contributed by atoms with Crippen molar-refractivity contribution in [1.29, 1.82) is 0 Å². The number of hydrogen-bond donors (Lipinski definition) is 0. The molecule has 1 aliphatic heterocycles. The van der Waals surface area contributed by atoms with E-state index < -0.39 is 22.0 Å². The van der Waals surface area contributed by atoms with E-state index in [0.29, 0.717) is 13.0 Å². The lowest BCUT2D eigenvalue weighted by Crippen LogP contribution is -2.37. The molecule has 0 spiro atoms. The van der Waals surface area contributed by atoms with E-state index in [1.807, 2.05) is 42.0 Å². The molecule has 2 heterocycles. The number of hydrogen-bond acceptors (Lipinski definition) is 7.